The SMILES string of the molecule is Cc1cc(NC(=O)c2ccco2)sc1C(=O)N1CCCCC1C(=O)O. The van der Waals surface area contributed by atoms with Crippen molar-refractivity contribution < 1.29 is 23.9 Å². The number of nitrogens with zero attached hydrogens (tertiary/aromatic N) is 1. The predicted octanol–water partition coefficient (Wildman–Crippen LogP) is 2.98. The maximum Gasteiger partial charge on any atom is 0.326 e. The Kier molecular flexibility index (Phi) is 4.89. The summed E-state index contributed by atoms with van der Waals surface area (Å²) >= 11 is 1.14. The molecule has 3 heterocycles. The number of amides is 2. The fourth-order valence-corrected chi connectivity index (χ4v) is 3.92. The van der Waals surface area contributed by atoms with E-state index < -0.39 is 17.9 Å². The number of carbonyl (C=O) groups is 3. The average Bonchev–Trinajstić information content (AvgIpc) is 3.24. The zero-order valence-corrected chi connectivity index (χ0v) is 14.5. The number of likely N-dealkylation sites (tertiary alicyclic amines) is 1. The molecular formula is C17H18N2O5S. The van der Waals surface area contributed by atoms with Crippen molar-refractivity contribution in [2.45, 2.75) is 32.2 Å². The van der Waals surface area contributed by atoms with Crippen LogP contribution < -0.4 is 5.32 Å². The van der Waals surface area contributed by atoms with E-state index in [1.165, 1.54) is 11.2 Å². The molecule has 2 N–H and O–H groups in total. The van der Waals surface area contributed by atoms with Gasteiger partial charge in [0.2, 0.25) is 0 Å². The van der Waals surface area contributed by atoms with Crippen LogP contribution in [0.15, 0.2) is 28.9 Å². The van der Waals surface area contributed by atoms with E-state index in [-0.39, 0.29) is 11.7 Å². The number of rotatable bonds is 4. The van der Waals surface area contributed by atoms with Crippen molar-refractivity contribution in [1.29, 1.82) is 0 Å². The summed E-state index contributed by atoms with van der Waals surface area (Å²) < 4.78 is 5.04. The molecule has 3 rings (SSSR count). The van der Waals surface area contributed by atoms with Crippen molar-refractivity contribution in [3.63, 3.8) is 0 Å². The van der Waals surface area contributed by atoms with E-state index in [0.717, 1.165) is 24.2 Å². The summed E-state index contributed by atoms with van der Waals surface area (Å²) in [7, 11) is 0. The second-order valence-corrected chi connectivity index (χ2v) is 6.95. The minimum absolute atomic E-state index is 0.181. The number of thiophene rings is 1. The number of carbonyl (C=O) groups excluding carboxylic acids is 2. The lowest BCUT2D eigenvalue weighted by atomic mass is 10.0. The van der Waals surface area contributed by atoms with Crippen LogP contribution in [0.25, 0.3) is 0 Å². The third-order valence-corrected chi connectivity index (χ3v) is 5.28. The van der Waals surface area contributed by atoms with Crippen molar-refractivity contribution in [3.05, 3.63) is 40.7 Å². The third kappa shape index (κ3) is 3.58. The molecule has 8 heteroatoms. The molecule has 25 heavy (non-hydrogen) atoms. The number of aryl methyl sites for hydroxylation is 1. The van der Waals surface area contributed by atoms with Gasteiger partial charge in [-0.15, -0.1) is 11.3 Å². The van der Waals surface area contributed by atoms with Gasteiger partial charge in [-0.1, -0.05) is 0 Å². The van der Waals surface area contributed by atoms with Gasteiger partial charge in [0.25, 0.3) is 11.8 Å². The van der Waals surface area contributed by atoms with E-state index in [2.05, 4.69) is 5.32 Å². The molecule has 1 fully saturated rings. The Morgan fingerprint density at radius 2 is 2.16 bits per heavy atom. The van der Waals surface area contributed by atoms with E-state index >= 15 is 0 Å². The lowest BCUT2D eigenvalue weighted by molar-refractivity contribution is -0.143. The molecule has 1 saturated heterocycles. The molecule has 0 aliphatic carbocycles. The summed E-state index contributed by atoms with van der Waals surface area (Å²) in [5.41, 5.74) is 0.708. The molecule has 2 aromatic rings. The van der Waals surface area contributed by atoms with Gasteiger partial charge >= 0.3 is 5.97 Å². The molecule has 0 aromatic carbocycles. The molecule has 1 unspecified atom stereocenters. The third-order valence-electron chi connectivity index (χ3n) is 4.14. The highest BCUT2D eigenvalue weighted by molar-refractivity contribution is 7.18. The molecular weight excluding hydrogens is 344 g/mol. The molecule has 132 valence electrons. The van der Waals surface area contributed by atoms with Crippen LogP contribution in [0.1, 0.15) is 45.1 Å². The molecule has 0 saturated carbocycles. The Morgan fingerprint density at radius 1 is 1.36 bits per heavy atom. The quantitative estimate of drug-likeness (QED) is 0.871. The Hall–Kier alpha value is -2.61. The van der Waals surface area contributed by atoms with Gasteiger partial charge in [-0.25, -0.2) is 4.79 Å². The molecule has 1 aliphatic heterocycles. The van der Waals surface area contributed by atoms with Crippen LogP contribution in [0.4, 0.5) is 5.00 Å². The highest BCUT2D eigenvalue weighted by atomic mass is 32.1. The van der Waals surface area contributed by atoms with Crippen molar-refractivity contribution >= 4 is 34.1 Å². The molecule has 2 aromatic heterocycles. The van der Waals surface area contributed by atoms with Gasteiger partial charge in [-0.05, 0) is 49.9 Å². The summed E-state index contributed by atoms with van der Waals surface area (Å²) in [6, 6.07) is 4.08. The first-order chi connectivity index (χ1) is 12.0. The second-order valence-electron chi connectivity index (χ2n) is 5.90. The van der Waals surface area contributed by atoms with Crippen LogP contribution >= 0.6 is 11.3 Å². The Morgan fingerprint density at radius 3 is 2.84 bits per heavy atom. The minimum Gasteiger partial charge on any atom is -0.480 e. The van der Waals surface area contributed by atoms with Gasteiger partial charge in [-0.2, -0.15) is 0 Å². The predicted molar refractivity (Wildman–Crippen MR) is 92.0 cm³/mol. The zero-order valence-electron chi connectivity index (χ0n) is 13.7. The number of carboxylic acids is 1. The average molecular weight is 362 g/mol. The summed E-state index contributed by atoms with van der Waals surface area (Å²) in [4.78, 5) is 38.1. The van der Waals surface area contributed by atoms with Crippen molar-refractivity contribution in [2.75, 3.05) is 11.9 Å². The van der Waals surface area contributed by atoms with Gasteiger partial charge < -0.3 is 19.7 Å². The van der Waals surface area contributed by atoms with Crippen LogP contribution in [-0.2, 0) is 4.79 Å². The topological polar surface area (TPSA) is 99.9 Å². The summed E-state index contributed by atoms with van der Waals surface area (Å²) in [6.45, 7) is 2.20. The first kappa shape index (κ1) is 17.2. The number of aliphatic carboxylic acids is 1. The standard InChI is InChI=1S/C17H18N2O5S/c1-10-9-13(18-15(20)12-6-4-8-24-12)25-14(10)16(21)19-7-3-2-5-11(19)17(22)23/h4,6,8-9,11H,2-3,5,7H2,1H3,(H,18,20)(H,22,23). The molecule has 0 radical (unpaired) electrons. The Bertz CT molecular complexity index is 796. The second kappa shape index (κ2) is 7.10. The number of carboxylic acid groups (broad SMARTS) is 1. The van der Waals surface area contributed by atoms with Crippen LogP contribution in [0, 0.1) is 6.92 Å². The number of anilines is 1. The number of furan rings is 1. The van der Waals surface area contributed by atoms with Crippen molar-refractivity contribution in [3.8, 4) is 0 Å². The maximum atomic E-state index is 12.8. The van der Waals surface area contributed by atoms with E-state index in [1.54, 1.807) is 25.1 Å². The van der Waals surface area contributed by atoms with Gasteiger partial charge in [0.1, 0.15) is 6.04 Å². The molecule has 0 spiro atoms. The van der Waals surface area contributed by atoms with Gasteiger partial charge in [0.05, 0.1) is 16.1 Å². The zero-order chi connectivity index (χ0) is 18.0. The van der Waals surface area contributed by atoms with Crippen molar-refractivity contribution in [2.24, 2.45) is 0 Å². The first-order valence-electron chi connectivity index (χ1n) is 7.96. The van der Waals surface area contributed by atoms with E-state index in [0.29, 0.717) is 28.4 Å². The molecule has 1 atom stereocenters. The van der Waals surface area contributed by atoms with Crippen LogP contribution in [0.5, 0.6) is 0 Å². The summed E-state index contributed by atoms with van der Waals surface area (Å²) in [5, 5.41) is 12.6. The number of nitrogens with one attached hydrogen (secondary N) is 1. The molecule has 0 bridgehead atoms. The highest BCUT2D eigenvalue weighted by Crippen LogP contribution is 2.30. The normalized spacial score (nSPS) is 17.3. The minimum atomic E-state index is -0.978. The van der Waals surface area contributed by atoms with Crippen LogP contribution in [0.2, 0.25) is 0 Å². The summed E-state index contributed by atoms with van der Waals surface area (Å²) in [6.07, 6.45) is 3.47. The Balaban J connectivity index is 1.78. The molecule has 7 nitrogen and oxygen atoms in total. The number of hydrogen-bond donors (Lipinski definition) is 2. The van der Waals surface area contributed by atoms with Gasteiger partial charge in [0, 0.05) is 6.54 Å². The van der Waals surface area contributed by atoms with E-state index in [9.17, 15) is 19.5 Å². The Labute approximate surface area is 148 Å². The fourth-order valence-electron chi connectivity index (χ4n) is 2.90. The maximum absolute atomic E-state index is 12.8. The number of hydrogen-bond acceptors (Lipinski definition) is 5. The van der Waals surface area contributed by atoms with Crippen LogP contribution in [-0.4, -0.2) is 40.4 Å². The lowest BCUT2D eigenvalue weighted by Crippen LogP contribution is -2.47. The molecule has 2 amide bonds. The van der Waals surface area contributed by atoms with Gasteiger partial charge in [-0.3, -0.25) is 9.59 Å². The fraction of sp³-hybridized carbons (Fsp3) is 0.353. The monoisotopic (exact) mass is 362 g/mol. The van der Waals surface area contributed by atoms with Gasteiger partial charge in [0.15, 0.2) is 5.76 Å². The largest absolute Gasteiger partial charge is 0.480 e. The summed E-state index contributed by atoms with van der Waals surface area (Å²) in [5.74, 6) is -1.49. The lowest BCUT2D eigenvalue weighted by Gasteiger charge is -2.32. The smallest absolute Gasteiger partial charge is 0.326 e. The van der Waals surface area contributed by atoms with Crippen LogP contribution in [0.3, 0.4) is 0 Å². The van der Waals surface area contributed by atoms with E-state index in [1.807, 2.05) is 0 Å². The first-order valence-corrected chi connectivity index (χ1v) is 8.78. The molecule has 1 aliphatic rings. The van der Waals surface area contributed by atoms with E-state index in [4.69, 9.17) is 4.42 Å². The number of piperidine rings is 1. The van der Waals surface area contributed by atoms with Crippen molar-refractivity contribution in [1.82, 2.24) is 4.90 Å². The highest BCUT2D eigenvalue weighted by Gasteiger charge is 2.33.